The summed E-state index contributed by atoms with van der Waals surface area (Å²) in [6.45, 7) is 11.3. The molecule has 0 aromatic heterocycles. The zero-order chi connectivity index (χ0) is 11.8. The minimum atomic E-state index is 0.0452. The number of morpholine rings is 1. The average molecular weight is 225 g/mol. The van der Waals surface area contributed by atoms with Gasteiger partial charge in [0.15, 0.2) is 0 Å². The fourth-order valence-corrected chi connectivity index (χ4v) is 3.38. The molecule has 1 aliphatic heterocycles. The zero-order valence-electron chi connectivity index (χ0n) is 11.3. The predicted octanol–water partition coefficient (Wildman–Crippen LogP) is 2.97. The van der Waals surface area contributed by atoms with E-state index in [0.717, 1.165) is 25.4 Å². The Balaban J connectivity index is 2.16. The second-order valence-electron chi connectivity index (χ2n) is 6.36. The summed E-state index contributed by atoms with van der Waals surface area (Å²) in [4.78, 5) is 0. The number of hydrogen-bond acceptors (Lipinski definition) is 2. The summed E-state index contributed by atoms with van der Waals surface area (Å²) in [7, 11) is 0. The molecule has 2 heteroatoms. The van der Waals surface area contributed by atoms with Gasteiger partial charge in [-0.2, -0.15) is 0 Å². The second-order valence-corrected chi connectivity index (χ2v) is 6.36. The summed E-state index contributed by atoms with van der Waals surface area (Å²) in [5, 5.41) is 3.61. The summed E-state index contributed by atoms with van der Waals surface area (Å²) >= 11 is 0. The fourth-order valence-electron chi connectivity index (χ4n) is 3.38. The third kappa shape index (κ3) is 2.14. The predicted molar refractivity (Wildman–Crippen MR) is 67.6 cm³/mol. The second kappa shape index (κ2) is 4.30. The van der Waals surface area contributed by atoms with E-state index in [1.54, 1.807) is 0 Å². The van der Waals surface area contributed by atoms with Crippen LogP contribution in [0.5, 0.6) is 0 Å². The molecular formula is C14H27NO. The van der Waals surface area contributed by atoms with E-state index in [-0.39, 0.29) is 11.2 Å². The summed E-state index contributed by atoms with van der Waals surface area (Å²) in [5.41, 5.74) is 0.157. The van der Waals surface area contributed by atoms with Crippen LogP contribution < -0.4 is 5.32 Å². The molecule has 1 spiro atoms. The van der Waals surface area contributed by atoms with Crippen LogP contribution in [0.3, 0.4) is 0 Å². The first-order valence-corrected chi connectivity index (χ1v) is 6.90. The molecule has 0 aromatic carbocycles. The van der Waals surface area contributed by atoms with Crippen molar-refractivity contribution in [1.82, 2.24) is 5.32 Å². The van der Waals surface area contributed by atoms with Crippen LogP contribution in [0.4, 0.5) is 0 Å². The highest BCUT2D eigenvalue weighted by atomic mass is 16.5. The highest BCUT2D eigenvalue weighted by molar-refractivity contribution is 5.00. The van der Waals surface area contributed by atoms with Crippen molar-refractivity contribution in [2.45, 2.75) is 64.6 Å². The van der Waals surface area contributed by atoms with Gasteiger partial charge in [0, 0.05) is 13.1 Å². The van der Waals surface area contributed by atoms with Gasteiger partial charge in [0.2, 0.25) is 0 Å². The third-order valence-corrected chi connectivity index (χ3v) is 4.81. The molecule has 1 aliphatic carbocycles. The Morgan fingerprint density at radius 3 is 2.69 bits per heavy atom. The fraction of sp³-hybridized carbons (Fsp3) is 1.00. The van der Waals surface area contributed by atoms with E-state index in [2.05, 4.69) is 33.0 Å². The molecule has 0 aromatic rings. The molecule has 0 radical (unpaired) electrons. The van der Waals surface area contributed by atoms with Gasteiger partial charge in [-0.1, -0.05) is 27.2 Å². The van der Waals surface area contributed by atoms with Crippen LogP contribution in [0.1, 0.15) is 53.4 Å². The van der Waals surface area contributed by atoms with Crippen molar-refractivity contribution in [3.63, 3.8) is 0 Å². The zero-order valence-corrected chi connectivity index (χ0v) is 11.3. The Labute approximate surface area is 100 Å². The van der Waals surface area contributed by atoms with Crippen LogP contribution in [0.15, 0.2) is 0 Å². The molecule has 2 rings (SSSR count). The minimum Gasteiger partial charge on any atom is -0.366 e. The van der Waals surface area contributed by atoms with Crippen molar-refractivity contribution in [3.8, 4) is 0 Å². The number of nitrogens with one attached hydrogen (secondary N) is 1. The topological polar surface area (TPSA) is 21.3 Å². The van der Waals surface area contributed by atoms with Gasteiger partial charge in [0.25, 0.3) is 0 Å². The molecule has 1 saturated carbocycles. The lowest BCUT2D eigenvalue weighted by atomic mass is 9.70. The molecule has 16 heavy (non-hydrogen) atoms. The van der Waals surface area contributed by atoms with E-state index >= 15 is 0 Å². The molecule has 1 saturated heterocycles. The smallest absolute Gasteiger partial charge is 0.0842 e. The maximum Gasteiger partial charge on any atom is 0.0842 e. The lowest BCUT2D eigenvalue weighted by molar-refractivity contribution is -0.211. The van der Waals surface area contributed by atoms with Gasteiger partial charge in [0.1, 0.15) is 0 Å². The van der Waals surface area contributed by atoms with E-state index in [4.69, 9.17) is 4.74 Å². The normalized spacial score (nSPS) is 49.5. The van der Waals surface area contributed by atoms with E-state index in [1.807, 2.05) is 0 Å². The monoisotopic (exact) mass is 225 g/mol. The number of ether oxygens (including phenoxy) is 1. The lowest BCUT2D eigenvalue weighted by Gasteiger charge is -2.53. The lowest BCUT2D eigenvalue weighted by Crippen LogP contribution is -2.63. The minimum absolute atomic E-state index is 0.0452. The van der Waals surface area contributed by atoms with Crippen molar-refractivity contribution < 1.29 is 4.74 Å². The van der Waals surface area contributed by atoms with Crippen LogP contribution >= 0.6 is 0 Å². The SMILES string of the molecule is CCC1(C)CNCC2(CC(C)CCC2C)O1. The van der Waals surface area contributed by atoms with Crippen molar-refractivity contribution >= 4 is 0 Å². The van der Waals surface area contributed by atoms with Crippen molar-refractivity contribution in [2.75, 3.05) is 13.1 Å². The number of hydrogen-bond donors (Lipinski definition) is 1. The quantitative estimate of drug-likeness (QED) is 0.741. The molecule has 0 amide bonds. The highest BCUT2D eigenvalue weighted by Gasteiger charge is 2.48. The summed E-state index contributed by atoms with van der Waals surface area (Å²) in [6, 6.07) is 0. The molecule has 94 valence electrons. The Morgan fingerprint density at radius 1 is 1.25 bits per heavy atom. The first kappa shape index (κ1) is 12.4. The largest absolute Gasteiger partial charge is 0.366 e. The molecule has 4 unspecified atom stereocenters. The van der Waals surface area contributed by atoms with E-state index < -0.39 is 0 Å². The maximum absolute atomic E-state index is 6.57. The van der Waals surface area contributed by atoms with Gasteiger partial charge in [-0.15, -0.1) is 0 Å². The highest BCUT2D eigenvalue weighted by Crippen LogP contribution is 2.43. The van der Waals surface area contributed by atoms with Crippen LogP contribution in [0.2, 0.25) is 0 Å². The van der Waals surface area contributed by atoms with Gasteiger partial charge in [-0.05, 0) is 38.0 Å². The number of rotatable bonds is 1. The van der Waals surface area contributed by atoms with Crippen molar-refractivity contribution in [3.05, 3.63) is 0 Å². The van der Waals surface area contributed by atoms with Crippen LogP contribution in [0.25, 0.3) is 0 Å². The van der Waals surface area contributed by atoms with E-state index in [1.165, 1.54) is 19.3 Å². The van der Waals surface area contributed by atoms with E-state index in [0.29, 0.717) is 5.92 Å². The first-order valence-electron chi connectivity index (χ1n) is 6.90. The Morgan fingerprint density at radius 2 is 2.00 bits per heavy atom. The van der Waals surface area contributed by atoms with Gasteiger partial charge in [-0.25, -0.2) is 0 Å². The molecular weight excluding hydrogens is 198 g/mol. The molecule has 2 nitrogen and oxygen atoms in total. The van der Waals surface area contributed by atoms with Crippen LogP contribution in [-0.2, 0) is 4.74 Å². The molecule has 1 N–H and O–H groups in total. The molecule has 4 atom stereocenters. The molecule has 1 heterocycles. The van der Waals surface area contributed by atoms with Gasteiger partial charge in [-0.3, -0.25) is 0 Å². The Kier molecular flexibility index (Phi) is 3.33. The molecule has 0 bridgehead atoms. The summed E-state index contributed by atoms with van der Waals surface area (Å²) in [6.07, 6.45) is 5.03. The van der Waals surface area contributed by atoms with Crippen LogP contribution in [-0.4, -0.2) is 24.3 Å². The third-order valence-electron chi connectivity index (χ3n) is 4.81. The van der Waals surface area contributed by atoms with Crippen molar-refractivity contribution in [1.29, 1.82) is 0 Å². The standard InChI is InChI=1S/C14H27NO/c1-5-13(4)9-15-10-14(16-13)8-11(2)6-7-12(14)3/h11-12,15H,5-10H2,1-4H3. The molecule has 2 fully saturated rings. The molecule has 2 aliphatic rings. The summed E-state index contributed by atoms with van der Waals surface area (Å²) in [5.74, 6) is 1.51. The van der Waals surface area contributed by atoms with Gasteiger partial charge in [0.05, 0.1) is 11.2 Å². The average Bonchev–Trinajstić information content (AvgIpc) is 2.24. The van der Waals surface area contributed by atoms with Gasteiger partial charge < -0.3 is 10.1 Å². The van der Waals surface area contributed by atoms with Crippen LogP contribution in [0, 0.1) is 11.8 Å². The van der Waals surface area contributed by atoms with Gasteiger partial charge >= 0.3 is 0 Å². The van der Waals surface area contributed by atoms with E-state index in [9.17, 15) is 0 Å². The summed E-state index contributed by atoms with van der Waals surface area (Å²) < 4.78 is 6.57. The maximum atomic E-state index is 6.57. The van der Waals surface area contributed by atoms with Crippen molar-refractivity contribution in [2.24, 2.45) is 11.8 Å². The Bertz CT molecular complexity index is 255. The Hall–Kier alpha value is -0.0800. The first-order chi connectivity index (χ1) is 7.50.